The van der Waals surface area contributed by atoms with Gasteiger partial charge < -0.3 is 29.8 Å². The quantitative estimate of drug-likeness (QED) is 0.186. The Labute approximate surface area is 256 Å². The smallest absolute Gasteiger partial charge is 0.234 e. The molecule has 3 N–H and O–H groups in total. The minimum absolute atomic E-state index is 0.0745. The Morgan fingerprint density at radius 1 is 0.977 bits per heavy atom. The number of aliphatic hydroxyl groups excluding tert-OH is 1. The number of rotatable bonds is 9. The predicted molar refractivity (Wildman–Crippen MR) is 167 cm³/mol. The number of ether oxygens (including phenoxy) is 3. The van der Waals surface area contributed by atoms with Gasteiger partial charge in [-0.25, -0.2) is 0 Å². The van der Waals surface area contributed by atoms with Gasteiger partial charge in [0.05, 0.1) is 26.8 Å². The summed E-state index contributed by atoms with van der Waals surface area (Å²) >= 11 is 0. The Bertz CT molecular complexity index is 963. The molecule has 11 nitrogen and oxygen atoms in total. The van der Waals surface area contributed by atoms with E-state index in [0.29, 0.717) is 41.2 Å². The number of aldehydes is 3. The topological polar surface area (TPSA) is 155 Å². The highest BCUT2D eigenvalue weighted by Gasteiger charge is 2.40. The number of carbonyl (C=O) groups is 4. The van der Waals surface area contributed by atoms with Crippen LogP contribution in [0.2, 0.25) is 0 Å². The number of quaternary nitrogens is 1. The Hall–Kier alpha value is -3.09. The summed E-state index contributed by atoms with van der Waals surface area (Å²) in [4.78, 5) is 44.8. The number of amidine groups is 1. The van der Waals surface area contributed by atoms with Crippen molar-refractivity contribution in [3.8, 4) is 0 Å². The Morgan fingerprint density at radius 3 is 1.88 bits per heavy atom. The molecule has 4 aliphatic rings. The number of hydrogen-bond acceptors (Lipinski definition) is 8. The van der Waals surface area contributed by atoms with E-state index in [1.807, 2.05) is 20.3 Å². The van der Waals surface area contributed by atoms with Crippen LogP contribution in [-0.4, -0.2) is 102 Å². The number of methoxy groups -OCH3 is 2. The average Bonchev–Trinajstić information content (AvgIpc) is 3.53. The lowest BCUT2D eigenvalue weighted by molar-refractivity contribution is -0.889. The van der Waals surface area contributed by atoms with E-state index < -0.39 is 0 Å². The predicted octanol–water partition coefficient (Wildman–Crippen LogP) is 3.58. The summed E-state index contributed by atoms with van der Waals surface area (Å²) in [5, 5.41) is 7.00. The van der Waals surface area contributed by atoms with E-state index >= 15 is 0 Å². The van der Waals surface area contributed by atoms with Crippen molar-refractivity contribution in [3.05, 3.63) is 47.7 Å². The summed E-state index contributed by atoms with van der Waals surface area (Å²) in [5.41, 5.74) is 6.56. The summed E-state index contributed by atoms with van der Waals surface area (Å²) in [6, 6.07) is 6.65. The number of nitrogens with zero attached hydrogens (tertiary/aromatic N) is 2. The third-order valence-corrected chi connectivity index (χ3v) is 7.66. The average molecular weight is 607 g/mol. The maximum Gasteiger partial charge on any atom is 0.234 e. The van der Waals surface area contributed by atoms with E-state index in [2.05, 4.69) is 9.73 Å². The standard InChI is InChI=1S/C12H21N3O3.C9H14O.C8H6O2.C2H6O.CH4O/c1-15(2,7-6-11(13)14-9-16)12-5-4-10(18-12)8-17-3;10-7-9-4-1-8(2-5-9)3-6-9;9-5-7-3-1-2-4-8(7)6-10;1-3-2;1-2/h6-7,9-10,12H,4-5,8H2,1-3H3,(H-,13,14,16);7-8H,1-6H2;1-6H;1-2H3;2H,1H3/p+1/b7-6-;;;;. The van der Waals surface area contributed by atoms with Gasteiger partial charge in [-0.15, -0.1) is 0 Å². The number of fused-ring (bicyclic) bond motifs is 3. The molecule has 242 valence electrons. The Morgan fingerprint density at radius 2 is 1.49 bits per heavy atom. The fourth-order valence-corrected chi connectivity index (χ4v) is 5.14. The van der Waals surface area contributed by atoms with Crippen molar-refractivity contribution < 1.29 is 43.0 Å². The molecule has 0 radical (unpaired) electrons. The molecule has 0 spiro atoms. The van der Waals surface area contributed by atoms with Crippen LogP contribution in [0.15, 0.2) is 41.5 Å². The highest BCUT2D eigenvalue weighted by molar-refractivity contribution is 5.95. The monoisotopic (exact) mass is 606 g/mol. The molecule has 1 amide bonds. The Kier molecular flexibility index (Phi) is 20.8. The van der Waals surface area contributed by atoms with Crippen molar-refractivity contribution in [2.24, 2.45) is 22.1 Å². The zero-order valence-corrected chi connectivity index (χ0v) is 26.6. The van der Waals surface area contributed by atoms with Gasteiger partial charge in [0, 0.05) is 57.5 Å². The minimum atomic E-state index is 0.0745. The summed E-state index contributed by atoms with van der Waals surface area (Å²) < 4.78 is 15.8. The summed E-state index contributed by atoms with van der Waals surface area (Å²) in [5.74, 6) is 1.17. The number of aliphatic hydroxyl groups is 1. The maximum atomic E-state index is 10.7. The molecular formula is C32H52N3O8+. The SMILES string of the molecule is CO.COC.COCC1CCC([N+](C)(C)/C=C\C(N)=NC=O)O1.O=CC12CCC(CC1)CC2.O=Cc1ccccc1C=O. The number of aliphatic imine (C=N–C) groups is 1. The van der Waals surface area contributed by atoms with Crippen molar-refractivity contribution in [2.45, 2.75) is 63.7 Å². The normalized spacial score (nSPS) is 24.0. The largest absolute Gasteiger partial charge is 0.400 e. The molecule has 43 heavy (non-hydrogen) atoms. The fourth-order valence-electron chi connectivity index (χ4n) is 5.14. The first-order chi connectivity index (χ1) is 20.6. The lowest BCUT2D eigenvalue weighted by Gasteiger charge is -2.42. The van der Waals surface area contributed by atoms with Gasteiger partial charge >= 0.3 is 0 Å². The molecule has 1 aromatic carbocycles. The van der Waals surface area contributed by atoms with Crippen molar-refractivity contribution in [2.75, 3.05) is 49.1 Å². The number of carbonyl (C=O) groups excluding carboxylic acids is 4. The Balaban J connectivity index is 0.000000601. The molecule has 2 bridgehead atoms. The van der Waals surface area contributed by atoms with E-state index in [1.165, 1.54) is 44.8 Å². The van der Waals surface area contributed by atoms with E-state index in [-0.39, 0.29) is 23.6 Å². The second-order valence-electron chi connectivity index (χ2n) is 11.1. The number of benzene rings is 1. The van der Waals surface area contributed by atoms with Gasteiger partial charge in [0.2, 0.25) is 6.41 Å². The van der Waals surface area contributed by atoms with Gasteiger partial charge in [0.1, 0.15) is 18.3 Å². The van der Waals surface area contributed by atoms with E-state index in [1.54, 1.807) is 51.7 Å². The number of hydrogen-bond donors (Lipinski definition) is 2. The van der Waals surface area contributed by atoms with Crippen LogP contribution < -0.4 is 5.73 Å². The zero-order chi connectivity index (χ0) is 32.7. The molecule has 11 heteroatoms. The zero-order valence-electron chi connectivity index (χ0n) is 26.6. The van der Waals surface area contributed by atoms with Gasteiger partial charge in [-0.1, -0.05) is 24.3 Å². The lowest BCUT2D eigenvalue weighted by atomic mass is 9.61. The molecule has 4 fully saturated rings. The molecule has 0 aromatic heterocycles. The minimum Gasteiger partial charge on any atom is -0.400 e. The van der Waals surface area contributed by atoms with Gasteiger partial charge in [0.25, 0.3) is 0 Å². The highest BCUT2D eigenvalue weighted by Crippen LogP contribution is 2.48. The van der Waals surface area contributed by atoms with Gasteiger partial charge in [-0.2, -0.15) is 4.99 Å². The van der Waals surface area contributed by atoms with Crippen LogP contribution in [0.25, 0.3) is 0 Å². The third-order valence-electron chi connectivity index (χ3n) is 7.66. The van der Waals surface area contributed by atoms with Gasteiger partial charge in [-0.05, 0) is 50.9 Å². The van der Waals surface area contributed by atoms with Crippen LogP contribution in [0.4, 0.5) is 0 Å². The number of nitrogens with two attached hydrogens (primary N) is 1. The van der Waals surface area contributed by atoms with E-state index in [4.69, 9.17) is 20.3 Å². The first-order valence-electron chi connectivity index (χ1n) is 14.4. The molecule has 2 atom stereocenters. The van der Waals surface area contributed by atoms with E-state index in [9.17, 15) is 19.2 Å². The van der Waals surface area contributed by atoms with Crippen LogP contribution >= 0.6 is 0 Å². The van der Waals surface area contributed by atoms with Crippen molar-refractivity contribution in [3.63, 3.8) is 0 Å². The summed E-state index contributed by atoms with van der Waals surface area (Å²) in [7, 11) is 9.96. The summed E-state index contributed by atoms with van der Waals surface area (Å²) in [6.07, 6.45) is 16.2. The van der Waals surface area contributed by atoms with Crippen LogP contribution in [0.3, 0.4) is 0 Å². The molecule has 1 saturated heterocycles. The highest BCUT2D eigenvalue weighted by atomic mass is 16.6. The van der Waals surface area contributed by atoms with Crippen molar-refractivity contribution in [1.29, 1.82) is 0 Å². The van der Waals surface area contributed by atoms with Crippen LogP contribution in [-0.2, 0) is 23.8 Å². The molecule has 1 aliphatic heterocycles. The van der Waals surface area contributed by atoms with Crippen LogP contribution in [0.5, 0.6) is 0 Å². The third kappa shape index (κ3) is 14.8. The summed E-state index contributed by atoms with van der Waals surface area (Å²) in [6.45, 7) is 0.620. The molecule has 1 aromatic rings. The molecular weight excluding hydrogens is 554 g/mol. The first kappa shape index (κ1) is 39.9. The molecule has 5 rings (SSSR count). The second kappa shape index (κ2) is 22.4. The molecule has 3 aliphatic carbocycles. The van der Waals surface area contributed by atoms with E-state index in [0.717, 1.165) is 25.9 Å². The lowest BCUT2D eigenvalue weighted by Crippen LogP contribution is -2.44. The van der Waals surface area contributed by atoms with Crippen LogP contribution in [0, 0.1) is 11.3 Å². The molecule has 2 unspecified atom stereocenters. The fraction of sp³-hybridized carbons (Fsp3) is 0.594. The molecule has 3 saturated carbocycles. The van der Waals surface area contributed by atoms with Crippen molar-refractivity contribution >= 4 is 31.1 Å². The molecule has 1 heterocycles. The number of amides is 1. The maximum absolute atomic E-state index is 10.7. The van der Waals surface area contributed by atoms with Crippen LogP contribution in [0.1, 0.15) is 72.1 Å². The van der Waals surface area contributed by atoms with Crippen molar-refractivity contribution in [1.82, 2.24) is 0 Å². The first-order valence-corrected chi connectivity index (χ1v) is 14.4. The van der Waals surface area contributed by atoms with Gasteiger partial charge in [-0.3, -0.25) is 18.9 Å². The second-order valence-corrected chi connectivity index (χ2v) is 11.1. The van der Waals surface area contributed by atoms with Gasteiger partial charge in [0.15, 0.2) is 18.8 Å².